The van der Waals surface area contributed by atoms with E-state index in [-0.39, 0.29) is 49.6 Å². The summed E-state index contributed by atoms with van der Waals surface area (Å²) < 4.78 is 5.49. The third kappa shape index (κ3) is 4.44. The molecule has 1 aromatic heterocycles. The maximum Gasteiger partial charge on any atom is 0.229 e. The predicted octanol–water partition coefficient (Wildman–Crippen LogP) is 1.32. The topological polar surface area (TPSA) is 82.9 Å². The summed E-state index contributed by atoms with van der Waals surface area (Å²) in [4.78, 5) is 38.5. The zero-order chi connectivity index (χ0) is 17.5. The second-order valence-electron chi connectivity index (χ2n) is 5.75. The SMILES string of the molecule is CCN(CC)C(CNC(=O)CCN1C(=O)CCC1=O)c1ccco1. The fourth-order valence-corrected chi connectivity index (χ4v) is 2.94. The number of carbonyl (C=O) groups is 3. The van der Waals surface area contributed by atoms with E-state index in [4.69, 9.17) is 4.42 Å². The minimum absolute atomic E-state index is 0.0333. The lowest BCUT2D eigenvalue weighted by molar-refractivity contribution is -0.138. The van der Waals surface area contributed by atoms with Crippen LogP contribution >= 0.6 is 0 Å². The van der Waals surface area contributed by atoms with E-state index in [0.717, 1.165) is 18.8 Å². The monoisotopic (exact) mass is 335 g/mol. The molecule has 1 N–H and O–H groups in total. The van der Waals surface area contributed by atoms with Crippen LogP contribution in [-0.4, -0.2) is 53.7 Å². The van der Waals surface area contributed by atoms with Gasteiger partial charge in [0.05, 0.1) is 12.3 Å². The van der Waals surface area contributed by atoms with Gasteiger partial charge < -0.3 is 9.73 Å². The smallest absolute Gasteiger partial charge is 0.229 e. The fraction of sp³-hybridized carbons (Fsp3) is 0.588. The van der Waals surface area contributed by atoms with E-state index in [1.54, 1.807) is 6.26 Å². The van der Waals surface area contributed by atoms with Gasteiger partial charge in [0.25, 0.3) is 0 Å². The maximum atomic E-state index is 12.1. The van der Waals surface area contributed by atoms with Crippen LogP contribution < -0.4 is 5.32 Å². The normalized spacial score (nSPS) is 16.0. The summed E-state index contributed by atoms with van der Waals surface area (Å²) in [6, 6.07) is 3.70. The van der Waals surface area contributed by atoms with Crippen molar-refractivity contribution in [3.8, 4) is 0 Å². The molecule has 1 saturated heterocycles. The number of carbonyl (C=O) groups excluding carboxylic acids is 3. The summed E-state index contributed by atoms with van der Waals surface area (Å²) in [7, 11) is 0. The molecule has 1 aliphatic rings. The summed E-state index contributed by atoms with van der Waals surface area (Å²) in [5.74, 6) is 0.254. The molecule has 7 nitrogen and oxygen atoms in total. The van der Waals surface area contributed by atoms with Crippen molar-refractivity contribution < 1.29 is 18.8 Å². The lowest BCUT2D eigenvalue weighted by Crippen LogP contribution is -2.39. The van der Waals surface area contributed by atoms with Crippen LogP contribution in [0.4, 0.5) is 0 Å². The number of amides is 3. The number of likely N-dealkylation sites (tertiary alicyclic amines) is 1. The van der Waals surface area contributed by atoms with Crippen molar-refractivity contribution in [1.29, 1.82) is 0 Å². The van der Waals surface area contributed by atoms with Gasteiger partial charge in [-0.2, -0.15) is 0 Å². The summed E-state index contributed by atoms with van der Waals surface area (Å²) >= 11 is 0. The third-order valence-electron chi connectivity index (χ3n) is 4.33. The number of nitrogens with one attached hydrogen (secondary N) is 1. The van der Waals surface area contributed by atoms with Crippen molar-refractivity contribution in [2.24, 2.45) is 0 Å². The van der Waals surface area contributed by atoms with Gasteiger partial charge in [0.15, 0.2) is 0 Å². The van der Waals surface area contributed by atoms with Gasteiger partial charge in [-0.3, -0.25) is 24.2 Å². The van der Waals surface area contributed by atoms with Crippen LogP contribution in [0.1, 0.15) is 44.9 Å². The van der Waals surface area contributed by atoms with Gasteiger partial charge in [-0.25, -0.2) is 0 Å². The molecule has 1 fully saturated rings. The Balaban J connectivity index is 1.86. The Kier molecular flexibility index (Phi) is 6.54. The standard InChI is InChI=1S/C17H25N3O4/c1-3-19(4-2)13(14-6-5-11-24-14)12-18-15(21)9-10-20-16(22)7-8-17(20)23/h5-6,11,13H,3-4,7-10,12H2,1-2H3,(H,18,21). The minimum Gasteiger partial charge on any atom is -0.468 e. The molecule has 0 bridgehead atoms. The van der Waals surface area contributed by atoms with Crippen molar-refractivity contribution in [1.82, 2.24) is 15.1 Å². The molecule has 3 amide bonds. The number of furan rings is 1. The zero-order valence-electron chi connectivity index (χ0n) is 14.3. The highest BCUT2D eigenvalue weighted by Gasteiger charge is 2.29. The summed E-state index contributed by atoms with van der Waals surface area (Å²) in [6.07, 6.45) is 2.25. The van der Waals surface area contributed by atoms with E-state index in [1.807, 2.05) is 12.1 Å². The van der Waals surface area contributed by atoms with Crippen LogP contribution in [0.15, 0.2) is 22.8 Å². The van der Waals surface area contributed by atoms with Gasteiger partial charge >= 0.3 is 0 Å². The second kappa shape index (κ2) is 8.63. The molecule has 2 heterocycles. The highest BCUT2D eigenvalue weighted by molar-refractivity contribution is 6.02. The maximum absolute atomic E-state index is 12.1. The summed E-state index contributed by atoms with van der Waals surface area (Å²) in [5.41, 5.74) is 0. The Labute approximate surface area is 142 Å². The highest BCUT2D eigenvalue weighted by Crippen LogP contribution is 2.20. The number of hydrogen-bond acceptors (Lipinski definition) is 5. The Bertz CT molecular complexity index is 550. The number of imide groups is 1. The lowest BCUT2D eigenvalue weighted by Gasteiger charge is -2.28. The van der Waals surface area contributed by atoms with Crippen LogP contribution in [-0.2, 0) is 14.4 Å². The lowest BCUT2D eigenvalue weighted by atomic mass is 10.2. The van der Waals surface area contributed by atoms with Gasteiger partial charge in [-0.15, -0.1) is 0 Å². The first-order valence-electron chi connectivity index (χ1n) is 8.44. The van der Waals surface area contributed by atoms with Crippen molar-refractivity contribution in [2.45, 2.75) is 39.2 Å². The molecule has 1 unspecified atom stereocenters. The first-order valence-corrected chi connectivity index (χ1v) is 8.44. The second-order valence-corrected chi connectivity index (χ2v) is 5.75. The molecule has 24 heavy (non-hydrogen) atoms. The molecule has 0 aliphatic carbocycles. The largest absolute Gasteiger partial charge is 0.468 e. The van der Waals surface area contributed by atoms with Crippen LogP contribution in [0.25, 0.3) is 0 Å². The van der Waals surface area contributed by atoms with Gasteiger partial charge in [-0.05, 0) is 25.2 Å². The summed E-state index contributed by atoms with van der Waals surface area (Å²) in [5, 5.41) is 2.88. The Morgan fingerprint density at radius 3 is 2.50 bits per heavy atom. The van der Waals surface area contributed by atoms with Crippen LogP contribution in [0.2, 0.25) is 0 Å². The van der Waals surface area contributed by atoms with Crippen molar-refractivity contribution in [2.75, 3.05) is 26.2 Å². The zero-order valence-corrected chi connectivity index (χ0v) is 14.3. The molecular weight excluding hydrogens is 310 g/mol. The Morgan fingerprint density at radius 1 is 1.29 bits per heavy atom. The minimum atomic E-state index is -0.190. The van der Waals surface area contributed by atoms with E-state index in [0.29, 0.717) is 6.54 Å². The molecule has 1 aromatic rings. The van der Waals surface area contributed by atoms with Gasteiger partial charge in [-0.1, -0.05) is 13.8 Å². The average molecular weight is 335 g/mol. The molecule has 0 aromatic carbocycles. The first kappa shape index (κ1) is 18.2. The molecule has 0 spiro atoms. The van der Waals surface area contributed by atoms with Gasteiger partial charge in [0, 0.05) is 32.4 Å². The average Bonchev–Trinajstić information content (AvgIpc) is 3.20. The van der Waals surface area contributed by atoms with Crippen LogP contribution in [0.3, 0.4) is 0 Å². The quantitative estimate of drug-likeness (QED) is 0.688. The van der Waals surface area contributed by atoms with Crippen molar-refractivity contribution in [3.63, 3.8) is 0 Å². The molecule has 7 heteroatoms. The predicted molar refractivity (Wildman–Crippen MR) is 88.0 cm³/mol. The molecule has 1 aliphatic heterocycles. The van der Waals surface area contributed by atoms with E-state index in [9.17, 15) is 14.4 Å². The molecule has 0 saturated carbocycles. The van der Waals surface area contributed by atoms with Gasteiger partial charge in [0.1, 0.15) is 5.76 Å². The molecule has 132 valence electrons. The summed E-state index contributed by atoms with van der Waals surface area (Å²) in [6.45, 7) is 6.39. The van der Waals surface area contributed by atoms with Crippen LogP contribution in [0, 0.1) is 0 Å². The number of rotatable bonds is 9. The third-order valence-corrected chi connectivity index (χ3v) is 4.33. The first-order chi connectivity index (χ1) is 11.6. The molecular formula is C17H25N3O4. The molecule has 1 atom stereocenters. The van der Waals surface area contributed by atoms with Crippen molar-refractivity contribution >= 4 is 17.7 Å². The van der Waals surface area contributed by atoms with E-state index >= 15 is 0 Å². The number of hydrogen-bond donors (Lipinski definition) is 1. The number of likely N-dealkylation sites (N-methyl/N-ethyl adjacent to an activating group) is 1. The molecule has 0 radical (unpaired) electrons. The van der Waals surface area contributed by atoms with Crippen molar-refractivity contribution in [3.05, 3.63) is 24.2 Å². The van der Waals surface area contributed by atoms with Gasteiger partial charge in [0.2, 0.25) is 17.7 Å². The van der Waals surface area contributed by atoms with E-state index < -0.39 is 0 Å². The highest BCUT2D eigenvalue weighted by atomic mass is 16.3. The Hall–Kier alpha value is -2.15. The Morgan fingerprint density at radius 2 is 1.96 bits per heavy atom. The number of nitrogens with zero attached hydrogens (tertiary/aromatic N) is 2. The van der Waals surface area contributed by atoms with Crippen LogP contribution in [0.5, 0.6) is 0 Å². The van der Waals surface area contributed by atoms with E-state index in [2.05, 4.69) is 24.1 Å². The van der Waals surface area contributed by atoms with E-state index in [1.165, 1.54) is 4.90 Å². The fourth-order valence-electron chi connectivity index (χ4n) is 2.94. The molecule has 2 rings (SSSR count).